The van der Waals surface area contributed by atoms with Crippen LogP contribution in [0.15, 0.2) is 18.2 Å². The first-order chi connectivity index (χ1) is 7.54. The van der Waals surface area contributed by atoms with E-state index in [-0.39, 0.29) is 5.56 Å². The fourth-order valence-corrected chi connectivity index (χ4v) is 1.42. The summed E-state index contributed by atoms with van der Waals surface area (Å²) in [5.41, 5.74) is 0.0427. The SMILES string of the molecule is CNCCC(O)C(O)c1cc(F)cc(F)c1. The molecule has 90 valence electrons. The van der Waals surface area contributed by atoms with Gasteiger partial charge in [-0.05, 0) is 37.7 Å². The smallest absolute Gasteiger partial charge is 0.126 e. The second-order valence-electron chi connectivity index (χ2n) is 3.61. The van der Waals surface area contributed by atoms with E-state index in [2.05, 4.69) is 5.32 Å². The van der Waals surface area contributed by atoms with Gasteiger partial charge in [0.05, 0.1) is 6.10 Å². The van der Waals surface area contributed by atoms with Gasteiger partial charge in [-0.15, -0.1) is 0 Å². The van der Waals surface area contributed by atoms with Gasteiger partial charge < -0.3 is 15.5 Å². The van der Waals surface area contributed by atoms with Crippen molar-refractivity contribution in [2.45, 2.75) is 18.6 Å². The molecule has 0 saturated heterocycles. The minimum atomic E-state index is -1.28. The van der Waals surface area contributed by atoms with E-state index in [1.807, 2.05) is 0 Å². The third-order valence-corrected chi connectivity index (χ3v) is 2.28. The standard InChI is InChI=1S/C11H15F2NO2/c1-14-3-2-10(15)11(16)7-4-8(12)6-9(13)5-7/h4-6,10-11,14-16H,2-3H2,1H3. The maximum Gasteiger partial charge on any atom is 0.126 e. The van der Waals surface area contributed by atoms with Crippen LogP contribution in [0.5, 0.6) is 0 Å². The molecular weight excluding hydrogens is 216 g/mol. The third kappa shape index (κ3) is 3.52. The van der Waals surface area contributed by atoms with E-state index in [4.69, 9.17) is 0 Å². The molecule has 0 radical (unpaired) electrons. The molecule has 0 amide bonds. The first-order valence-electron chi connectivity index (χ1n) is 5.01. The number of aliphatic hydroxyl groups excluding tert-OH is 2. The zero-order valence-electron chi connectivity index (χ0n) is 8.95. The fraction of sp³-hybridized carbons (Fsp3) is 0.455. The van der Waals surface area contributed by atoms with Gasteiger partial charge in [0.15, 0.2) is 0 Å². The molecule has 16 heavy (non-hydrogen) atoms. The molecule has 2 atom stereocenters. The van der Waals surface area contributed by atoms with Gasteiger partial charge in [-0.1, -0.05) is 0 Å². The van der Waals surface area contributed by atoms with Crippen molar-refractivity contribution in [2.75, 3.05) is 13.6 Å². The van der Waals surface area contributed by atoms with Crippen LogP contribution in [-0.2, 0) is 0 Å². The Balaban J connectivity index is 2.74. The van der Waals surface area contributed by atoms with Gasteiger partial charge in [0, 0.05) is 6.07 Å². The second-order valence-corrected chi connectivity index (χ2v) is 3.61. The Morgan fingerprint density at radius 3 is 2.25 bits per heavy atom. The van der Waals surface area contributed by atoms with E-state index in [0.29, 0.717) is 13.0 Å². The Bertz CT molecular complexity index is 327. The highest BCUT2D eigenvalue weighted by Crippen LogP contribution is 2.20. The Morgan fingerprint density at radius 1 is 1.19 bits per heavy atom. The van der Waals surface area contributed by atoms with Crippen molar-refractivity contribution in [3.05, 3.63) is 35.4 Å². The summed E-state index contributed by atoms with van der Waals surface area (Å²) < 4.78 is 25.7. The summed E-state index contributed by atoms with van der Waals surface area (Å²) in [5.74, 6) is -1.54. The van der Waals surface area contributed by atoms with Crippen LogP contribution < -0.4 is 5.32 Å². The largest absolute Gasteiger partial charge is 0.390 e. The molecule has 0 bridgehead atoms. The van der Waals surface area contributed by atoms with Crippen LogP contribution in [0, 0.1) is 11.6 Å². The highest BCUT2D eigenvalue weighted by atomic mass is 19.1. The van der Waals surface area contributed by atoms with Gasteiger partial charge >= 0.3 is 0 Å². The lowest BCUT2D eigenvalue weighted by Gasteiger charge is -2.18. The minimum Gasteiger partial charge on any atom is -0.390 e. The van der Waals surface area contributed by atoms with Crippen molar-refractivity contribution < 1.29 is 19.0 Å². The molecular formula is C11H15F2NO2. The van der Waals surface area contributed by atoms with Crippen LogP contribution >= 0.6 is 0 Å². The van der Waals surface area contributed by atoms with Gasteiger partial charge in [-0.2, -0.15) is 0 Å². The molecule has 0 spiro atoms. The molecule has 0 aliphatic carbocycles. The van der Waals surface area contributed by atoms with Crippen LogP contribution in [0.2, 0.25) is 0 Å². The first kappa shape index (κ1) is 13.0. The predicted octanol–water partition coefficient (Wildman–Crippen LogP) is 0.969. The van der Waals surface area contributed by atoms with E-state index in [1.165, 1.54) is 0 Å². The monoisotopic (exact) mass is 231 g/mol. The molecule has 1 aromatic carbocycles. The summed E-state index contributed by atoms with van der Waals surface area (Å²) in [6.45, 7) is 0.510. The number of benzene rings is 1. The number of rotatable bonds is 5. The lowest BCUT2D eigenvalue weighted by atomic mass is 10.0. The topological polar surface area (TPSA) is 52.5 Å². The summed E-state index contributed by atoms with van der Waals surface area (Å²) in [6, 6.07) is 2.74. The van der Waals surface area contributed by atoms with Crippen molar-refractivity contribution in [3.8, 4) is 0 Å². The average molecular weight is 231 g/mol. The van der Waals surface area contributed by atoms with E-state index < -0.39 is 23.8 Å². The molecule has 0 heterocycles. The molecule has 0 saturated carbocycles. The Labute approximate surface area is 92.7 Å². The molecule has 2 unspecified atom stereocenters. The van der Waals surface area contributed by atoms with E-state index >= 15 is 0 Å². The van der Waals surface area contributed by atoms with Crippen molar-refractivity contribution in [2.24, 2.45) is 0 Å². The Kier molecular flexibility index (Phi) is 4.79. The third-order valence-electron chi connectivity index (χ3n) is 2.28. The summed E-state index contributed by atoms with van der Waals surface area (Å²) >= 11 is 0. The molecule has 5 heteroatoms. The van der Waals surface area contributed by atoms with Gasteiger partial charge in [0.25, 0.3) is 0 Å². The normalized spacial score (nSPS) is 14.8. The number of nitrogens with one attached hydrogen (secondary N) is 1. The predicted molar refractivity (Wildman–Crippen MR) is 55.9 cm³/mol. The molecule has 1 rings (SSSR count). The maximum absolute atomic E-state index is 12.9. The van der Waals surface area contributed by atoms with Crippen LogP contribution in [0.3, 0.4) is 0 Å². The fourth-order valence-electron chi connectivity index (χ4n) is 1.42. The zero-order chi connectivity index (χ0) is 12.1. The van der Waals surface area contributed by atoms with Gasteiger partial charge in [0.2, 0.25) is 0 Å². The molecule has 0 aliphatic rings. The molecule has 0 aromatic heterocycles. The minimum absolute atomic E-state index is 0.0427. The van der Waals surface area contributed by atoms with Crippen LogP contribution in [0.4, 0.5) is 8.78 Å². The quantitative estimate of drug-likeness (QED) is 0.707. The molecule has 3 N–H and O–H groups in total. The van der Waals surface area contributed by atoms with Gasteiger partial charge in [-0.3, -0.25) is 0 Å². The average Bonchev–Trinajstić information content (AvgIpc) is 2.23. The summed E-state index contributed by atoms with van der Waals surface area (Å²) in [5, 5.41) is 22.0. The second kappa shape index (κ2) is 5.89. The summed E-state index contributed by atoms with van der Waals surface area (Å²) in [7, 11) is 1.71. The van der Waals surface area contributed by atoms with E-state index in [9.17, 15) is 19.0 Å². The van der Waals surface area contributed by atoms with E-state index in [0.717, 1.165) is 18.2 Å². The Hall–Kier alpha value is -1.04. The van der Waals surface area contributed by atoms with E-state index in [1.54, 1.807) is 7.05 Å². The highest BCUT2D eigenvalue weighted by Gasteiger charge is 2.19. The van der Waals surface area contributed by atoms with Gasteiger partial charge in [0.1, 0.15) is 17.7 Å². The first-order valence-corrected chi connectivity index (χ1v) is 5.01. The van der Waals surface area contributed by atoms with Gasteiger partial charge in [-0.25, -0.2) is 8.78 Å². The molecule has 1 aromatic rings. The zero-order valence-corrected chi connectivity index (χ0v) is 8.95. The van der Waals surface area contributed by atoms with Crippen molar-refractivity contribution in [3.63, 3.8) is 0 Å². The number of hydrogen-bond donors (Lipinski definition) is 3. The molecule has 0 aliphatic heterocycles. The van der Waals surface area contributed by atoms with Crippen LogP contribution in [0.1, 0.15) is 18.1 Å². The van der Waals surface area contributed by atoms with Crippen molar-refractivity contribution in [1.82, 2.24) is 5.32 Å². The van der Waals surface area contributed by atoms with Crippen molar-refractivity contribution in [1.29, 1.82) is 0 Å². The van der Waals surface area contributed by atoms with Crippen LogP contribution in [-0.4, -0.2) is 29.9 Å². The molecule has 3 nitrogen and oxygen atoms in total. The highest BCUT2D eigenvalue weighted by molar-refractivity contribution is 5.21. The lowest BCUT2D eigenvalue weighted by Crippen LogP contribution is -2.23. The van der Waals surface area contributed by atoms with Crippen molar-refractivity contribution >= 4 is 0 Å². The Morgan fingerprint density at radius 2 is 1.75 bits per heavy atom. The molecule has 0 fully saturated rings. The number of hydrogen-bond acceptors (Lipinski definition) is 3. The number of halogens is 2. The summed E-state index contributed by atoms with van der Waals surface area (Å²) in [4.78, 5) is 0. The maximum atomic E-state index is 12.9. The lowest BCUT2D eigenvalue weighted by molar-refractivity contribution is 0.0137. The van der Waals surface area contributed by atoms with Crippen LogP contribution in [0.25, 0.3) is 0 Å². The number of aliphatic hydroxyl groups is 2. The summed E-state index contributed by atoms with van der Waals surface area (Å²) in [6.07, 6.45) is -2.03.